The van der Waals surface area contributed by atoms with Gasteiger partial charge in [-0.05, 0) is 49.3 Å². The number of aliphatic imine (C=N–C) groups is 1. The highest BCUT2D eigenvalue weighted by Crippen LogP contribution is 2.54. The van der Waals surface area contributed by atoms with Gasteiger partial charge in [-0.3, -0.25) is 0 Å². The summed E-state index contributed by atoms with van der Waals surface area (Å²) in [5, 5.41) is 3.69. The van der Waals surface area contributed by atoms with E-state index in [-0.39, 0.29) is 0 Å². The Morgan fingerprint density at radius 3 is 2.71 bits per heavy atom. The Hall–Kier alpha value is -1.42. The summed E-state index contributed by atoms with van der Waals surface area (Å²) in [6, 6.07) is 5.90. The minimum absolute atomic E-state index is 0.390. The number of anilines is 1. The first kappa shape index (κ1) is 14.5. The van der Waals surface area contributed by atoms with Gasteiger partial charge in [-0.15, -0.1) is 0 Å². The summed E-state index contributed by atoms with van der Waals surface area (Å²) in [5.74, 6) is 1.13. The fourth-order valence-corrected chi connectivity index (χ4v) is 3.90. The minimum atomic E-state index is 0.390. The number of hydrogen-bond acceptors (Lipinski definition) is 2. The van der Waals surface area contributed by atoms with Gasteiger partial charge in [-0.25, -0.2) is 4.99 Å². The van der Waals surface area contributed by atoms with Gasteiger partial charge in [0.05, 0.1) is 18.2 Å². The van der Waals surface area contributed by atoms with E-state index in [1.54, 1.807) is 13.2 Å². The van der Waals surface area contributed by atoms with Crippen molar-refractivity contribution in [1.82, 2.24) is 0 Å². The van der Waals surface area contributed by atoms with Crippen molar-refractivity contribution < 1.29 is 4.74 Å². The molecule has 2 fully saturated rings. The smallest absolute Gasteiger partial charge is 0.193 e. The Labute approximate surface area is 130 Å². The van der Waals surface area contributed by atoms with Crippen LogP contribution in [-0.2, 0) is 0 Å². The van der Waals surface area contributed by atoms with Crippen LogP contribution in [-0.4, -0.2) is 19.1 Å². The van der Waals surface area contributed by atoms with E-state index < -0.39 is 0 Å². The molecule has 4 nitrogen and oxygen atoms in total. The van der Waals surface area contributed by atoms with Gasteiger partial charge < -0.3 is 15.8 Å². The van der Waals surface area contributed by atoms with Crippen molar-refractivity contribution >= 4 is 23.2 Å². The number of halogens is 1. The summed E-state index contributed by atoms with van der Waals surface area (Å²) in [4.78, 5) is 4.69. The first-order valence-corrected chi connectivity index (χ1v) is 7.95. The molecule has 3 rings (SSSR count). The topological polar surface area (TPSA) is 59.6 Å². The number of nitrogens with two attached hydrogens (primary N) is 1. The van der Waals surface area contributed by atoms with Gasteiger partial charge in [-0.1, -0.05) is 24.4 Å². The normalized spacial score (nSPS) is 23.9. The van der Waals surface area contributed by atoms with Crippen LogP contribution in [0.5, 0.6) is 5.75 Å². The molecule has 2 aliphatic rings. The van der Waals surface area contributed by atoms with Gasteiger partial charge in [0.25, 0.3) is 0 Å². The molecular weight excluding hydrogens is 286 g/mol. The average Bonchev–Trinajstić information content (AvgIpc) is 2.96. The van der Waals surface area contributed by atoms with Gasteiger partial charge in [0.2, 0.25) is 0 Å². The number of guanidine groups is 1. The molecule has 3 N–H and O–H groups in total. The molecule has 0 aromatic heterocycles. The molecule has 1 spiro atoms. The predicted octanol–water partition coefficient (Wildman–Crippen LogP) is 3.80. The number of benzene rings is 1. The lowest BCUT2D eigenvalue weighted by molar-refractivity contribution is 0.104. The fourth-order valence-electron chi connectivity index (χ4n) is 3.64. The Kier molecular flexibility index (Phi) is 3.98. The largest absolute Gasteiger partial charge is 0.495 e. The minimum Gasteiger partial charge on any atom is -0.495 e. The zero-order valence-corrected chi connectivity index (χ0v) is 13.1. The molecule has 0 aliphatic heterocycles. The maximum absolute atomic E-state index is 6.11. The summed E-state index contributed by atoms with van der Waals surface area (Å²) in [7, 11) is 1.60. The molecule has 0 radical (unpaired) electrons. The van der Waals surface area contributed by atoms with Gasteiger partial charge in [-0.2, -0.15) is 0 Å². The third kappa shape index (κ3) is 2.82. The number of hydrogen-bond donors (Lipinski definition) is 2. The van der Waals surface area contributed by atoms with Crippen molar-refractivity contribution in [2.75, 3.05) is 12.4 Å². The monoisotopic (exact) mass is 307 g/mol. The maximum atomic E-state index is 6.11. The van der Waals surface area contributed by atoms with E-state index in [2.05, 4.69) is 5.32 Å². The molecular formula is C16H22ClN3O. The molecule has 0 heterocycles. The molecule has 1 unspecified atom stereocenters. The molecule has 2 saturated carbocycles. The average molecular weight is 308 g/mol. The second kappa shape index (κ2) is 5.76. The van der Waals surface area contributed by atoms with Gasteiger partial charge in [0, 0.05) is 5.69 Å². The molecule has 0 amide bonds. The van der Waals surface area contributed by atoms with E-state index in [9.17, 15) is 0 Å². The second-order valence-corrected chi connectivity index (χ2v) is 6.52. The van der Waals surface area contributed by atoms with Crippen molar-refractivity contribution in [2.45, 2.75) is 44.6 Å². The highest BCUT2D eigenvalue weighted by Gasteiger charge is 2.48. The van der Waals surface area contributed by atoms with Crippen LogP contribution in [0.25, 0.3) is 0 Å². The number of rotatable bonds is 3. The molecule has 2 aliphatic carbocycles. The molecule has 1 atom stereocenters. The number of ether oxygens (including phenoxy) is 1. The third-order valence-corrected chi connectivity index (χ3v) is 5.24. The summed E-state index contributed by atoms with van der Waals surface area (Å²) in [6.45, 7) is 0. The Morgan fingerprint density at radius 1 is 1.38 bits per heavy atom. The van der Waals surface area contributed by atoms with Crippen LogP contribution in [0.15, 0.2) is 23.2 Å². The van der Waals surface area contributed by atoms with Crippen molar-refractivity contribution in [3.8, 4) is 5.75 Å². The van der Waals surface area contributed by atoms with Gasteiger partial charge in [0.1, 0.15) is 5.75 Å². The number of nitrogens with one attached hydrogen (secondary N) is 1. The van der Waals surface area contributed by atoms with Crippen molar-refractivity contribution in [1.29, 1.82) is 0 Å². The predicted molar refractivity (Wildman–Crippen MR) is 87.2 cm³/mol. The van der Waals surface area contributed by atoms with Crippen molar-refractivity contribution in [3.63, 3.8) is 0 Å². The van der Waals surface area contributed by atoms with Gasteiger partial charge in [0.15, 0.2) is 5.96 Å². The molecule has 1 aromatic rings. The summed E-state index contributed by atoms with van der Waals surface area (Å²) in [6.07, 6.45) is 7.76. The molecule has 0 saturated heterocycles. The first-order chi connectivity index (χ1) is 10.1. The molecule has 1 aromatic carbocycles. The highest BCUT2D eigenvalue weighted by molar-refractivity contribution is 6.32. The molecule has 21 heavy (non-hydrogen) atoms. The van der Waals surface area contributed by atoms with Gasteiger partial charge >= 0.3 is 0 Å². The third-order valence-electron chi connectivity index (χ3n) is 4.94. The quantitative estimate of drug-likeness (QED) is 0.659. The Bertz CT molecular complexity index is 552. The van der Waals surface area contributed by atoms with Crippen LogP contribution < -0.4 is 15.8 Å². The second-order valence-electron chi connectivity index (χ2n) is 6.11. The Balaban J connectivity index is 1.67. The van der Waals surface area contributed by atoms with E-state index >= 15 is 0 Å². The molecule has 5 heteroatoms. The van der Waals surface area contributed by atoms with Crippen LogP contribution in [0.2, 0.25) is 5.02 Å². The SMILES string of the molecule is COc1ccc(NC(N)=NC2CCC23CCCC3)cc1Cl. The zero-order valence-electron chi connectivity index (χ0n) is 12.4. The van der Waals surface area contributed by atoms with E-state index in [0.29, 0.717) is 28.2 Å². The standard InChI is InChI=1S/C16H22ClN3O/c1-21-13-5-4-11(10-12(13)17)19-15(18)20-14-6-9-16(14)7-2-3-8-16/h4-5,10,14H,2-3,6-9H2,1H3,(H3,18,19,20). The van der Waals surface area contributed by atoms with E-state index in [0.717, 1.165) is 12.1 Å². The highest BCUT2D eigenvalue weighted by atomic mass is 35.5. The molecule has 114 valence electrons. The summed E-state index contributed by atoms with van der Waals surface area (Å²) in [5.41, 5.74) is 7.34. The summed E-state index contributed by atoms with van der Waals surface area (Å²) >= 11 is 6.11. The first-order valence-electron chi connectivity index (χ1n) is 7.57. The lowest BCUT2D eigenvalue weighted by atomic mass is 9.63. The van der Waals surface area contributed by atoms with Crippen LogP contribution >= 0.6 is 11.6 Å². The van der Waals surface area contributed by atoms with Crippen LogP contribution in [0.1, 0.15) is 38.5 Å². The zero-order chi connectivity index (χ0) is 14.9. The van der Waals surface area contributed by atoms with Crippen LogP contribution in [0, 0.1) is 5.41 Å². The summed E-state index contributed by atoms with van der Waals surface area (Å²) < 4.78 is 5.14. The van der Waals surface area contributed by atoms with E-state index in [4.69, 9.17) is 27.1 Å². The lowest BCUT2D eigenvalue weighted by Gasteiger charge is -2.45. The fraction of sp³-hybridized carbons (Fsp3) is 0.562. The van der Waals surface area contributed by atoms with E-state index in [1.165, 1.54) is 32.1 Å². The van der Waals surface area contributed by atoms with E-state index in [1.807, 2.05) is 12.1 Å². The van der Waals surface area contributed by atoms with Crippen LogP contribution in [0.3, 0.4) is 0 Å². The number of methoxy groups -OCH3 is 1. The van der Waals surface area contributed by atoms with Crippen LogP contribution in [0.4, 0.5) is 5.69 Å². The van der Waals surface area contributed by atoms with Crippen molar-refractivity contribution in [3.05, 3.63) is 23.2 Å². The number of nitrogens with zero attached hydrogens (tertiary/aromatic N) is 1. The molecule has 0 bridgehead atoms. The lowest BCUT2D eigenvalue weighted by Crippen LogP contribution is -2.43. The Morgan fingerprint density at radius 2 is 2.14 bits per heavy atom. The maximum Gasteiger partial charge on any atom is 0.193 e. The van der Waals surface area contributed by atoms with Crippen molar-refractivity contribution in [2.24, 2.45) is 16.1 Å².